The molecule has 0 radical (unpaired) electrons. The van der Waals surface area contributed by atoms with Crippen molar-refractivity contribution in [3.63, 3.8) is 0 Å². The molecule has 0 aromatic heterocycles. The average molecular weight is 388 g/mol. The molecule has 0 aromatic rings. The van der Waals surface area contributed by atoms with Gasteiger partial charge in [0.05, 0.1) is 66.1 Å². The van der Waals surface area contributed by atoms with Crippen LogP contribution in [0.3, 0.4) is 0 Å². The highest BCUT2D eigenvalue weighted by atomic mass is 127. The molecular weight excluding hydrogens is 363 g/mol. The molecular formula is C13H25IO5. The number of alkyl halides is 1. The Hall–Kier alpha value is 0.270. The summed E-state index contributed by atoms with van der Waals surface area (Å²) in [7, 11) is 0. The first kappa shape index (κ1) is 19.3. The molecule has 0 heterocycles. The van der Waals surface area contributed by atoms with E-state index in [0.29, 0.717) is 59.5 Å². The normalized spacial score (nSPS) is 10.8. The zero-order valence-electron chi connectivity index (χ0n) is 11.5. The highest BCUT2D eigenvalue weighted by molar-refractivity contribution is 14.1. The molecule has 6 heteroatoms. The van der Waals surface area contributed by atoms with Gasteiger partial charge in [0.2, 0.25) is 0 Å². The summed E-state index contributed by atoms with van der Waals surface area (Å²) < 4.78 is 27.4. The second-order valence-corrected chi connectivity index (χ2v) is 4.58. The predicted molar refractivity (Wildman–Crippen MR) is 83.2 cm³/mol. The van der Waals surface area contributed by atoms with Gasteiger partial charge in [-0.15, -0.1) is 6.58 Å². The molecule has 0 rings (SSSR count). The van der Waals surface area contributed by atoms with E-state index in [4.69, 9.17) is 23.7 Å². The Morgan fingerprint density at radius 1 is 0.632 bits per heavy atom. The van der Waals surface area contributed by atoms with Crippen molar-refractivity contribution in [3.05, 3.63) is 12.7 Å². The van der Waals surface area contributed by atoms with Gasteiger partial charge in [-0.25, -0.2) is 0 Å². The second kappa shape index (κ2) is 18.3. The van der Waals surface area contributed by atoms with E-state index in [-0.39, 0.29) is 0 Å². The van der Waals surface area contributed by atoms with E-state index in [1.54, 1.807) is 6.08 Å². The molecule has 0 N–H and O–H groups in total. The Bertz CT molecular complexity index is 180. The van der Waals surface area contributed by atoms with Crippen molar-refractivity contribution < 1.29 is 23.7 Å². The van der Waals surface area contributed by atoms with Crippen LogP contribution in [-0.2, 0) is 23.7 Å². The Morgan fingerprint density at radius 3 is 1.37 bits per heavy atom. The minimum atomic E-state index is 0.568. The zero-order valence-corrected chi connectivity index (χ0v) is 13.6. The average Bonchev–Trinajstić information content (AvgIpc) is 2.43. The summed E-state index contributed by atoms with van der Waals surface area (Å²) >= 11 is 2.28. The maximum absolute atomic E-state index is 5.34. The Morgan fingerprint density at radius 2 is 1.00 bits per heavy atom. The fraction of sp³-hybridized carbons (Fsp3) is 0.846. The minimum Gasteiger partial charge on any atom is -0.378 e. The molecule has 0 unspecified atom stereocenters. The van der Waals surface area contributed by atoms with Gasteiger partial charge in [0.25, 0.3) is 0 Å². The van der Waals surface area contributed by atoms with Crippen LogP contribution >= 0.6 is 22.6 Å². The molecule has 0 aliphatic carbocycles. The fourth-order valence-corrected chi connectivity index (χ4v) is 1.41. The Labute approximate surface area is 129 Å². The van der Waals surface area contributed by atoms with Crippen molar-refractivity contribution in [2.24, 2.45) is 0 Å². The first-order chi connectivity index (χ1) is 9.41. The van der Waals surface area contributed by atoms with E-state index >= 15 is 0 Å². The minimum absolute atomic E-state index is 0.568. The summed E-state index contributed by atoms with van der Waals surface area (Å²) in [5, 5.41) is 0. The van der Waals surface area contributed by atoms with Crippen LogP contribution in [0.15, 0.2) is 12.7 Å². The largest absolute Gasteiger partial charge is 0.378 e. The van der Waals surface area contributed by atoms with Crippen molar-refractivity contribution in [2.45, 2.75) is 0 Å². The molecule has 0 aliphatic heterocycles. The maximum Gasteiger partial charge on any atom is 0.0704 e. The lowest BCUT2D eigenvalue weighted by molar-refractivity contribution is -0.00821. The van der Waals surface area contributed by atoms with Crippen LogP contribution in [0.25, 0.3) is 0 Å². The zero-order chi connectivity index (χ0) is 14.0. The third-order valence-corrected chi connectivity index (χ3v) is 2.39. The van der Waals surface area contributed by atoms with Crippen LogP contribution in [0.5, 0.6) is 0 Å². The molecule has 114 valence electrons. The maximum atomic E-state index is 5.34. The summed E-state index contributed by atoms with van der Waals surface area (Å²) in [6, 6.07) is 0. The highest BCUT2D eigenvalue weighted by Crippen LogP contribution is 1.85. The highest BCUT2D eigenvalue weighted by Gasteiger charge is 1.92. The standard InChI is InChI=1S/C13H25IO5/c1-2-4-15-6-8-17-10-12-19-13-11-18-9-7-16-5-3-14/h2H,1,3-13H2. The summed E-state index contributed by atoms with van der Waals surface area (Å²) in [5.41, 5.74) is 0. The van der Waals surface area contributed by atoms with Crippen molar-refractivity contribution >= 4 is 22.6 Å². The molecule has 0 fully saturated rings. The molecule has 0 bridgehead atoms. The molecule has 0 aliphatic rings. The van der Waals surface area contributed by atoms with Crippen LogP contribution in [0.2, 0.25) is 0 Å². The van der Waals surface area contributed by atoms with Gasteiger partial charge < -0.3 is 23.7 Å². The van der Waals surface area contributed by atoms with Gasteiger partial charge in [0, 0.05) is 4.43 Å². The molecule has 0 spiro atoms. The molecule has 5 nitrogen and oxygen atoms in total. The lowest BCUT2D eigenvalue weighted by atomic mass is 10.6. The first-order valence-corrected chi connectivity index (χ1v) is 8.00. The van der Waals surface area contributed by atoms with Gasteiger partial charge in [-0.2, -0.15) is 0 Å². The Balaban J connectivity index is 2.89. The van der Waals surface area contributed by atoms with Gasteiger partial charge in [-0.1, -0.05) is 28.7 Å². The van der Waals surface area contributed by atoms with Gasteiger partial charge in [0.15, 0.2) is 0 Å². The molecule has 0 saturated carbocycles. The Kier molecular flexibility index (Phi) is 18.5. The van der Waals surface area contributed by atoms with E-state index in [0.717, 1.165) is 11.0 Å². The first-order valence-electron chi connectivity index (χ1n) is 6.47. The van der Waals surface area contributed by atoms with Gasteiger partial charge in [0.1, 0.15) is 0 Å². The van der Waals surface area contributed by atoms with Gasteiger partial charge >= 0.3 is 0 Å². The third kappa shape index (κ3) is 18.3. The summed E-state index contributed by atoms with van der Waals surface area (Å²) in [6.45, 7) is 9.70. The van der Waals surface area contributed by atoms with Crippen LogP contribution in [0.4, 0.5) is 0 Å². The van der Waals surface area contributed by atoms with Crippen molar-refractivity contribution in [2.75, 3.05) is 70.5 Å². The van der Waals surface area contributed by atoms with Crippen LogP contribution in [-0.4, -0.2) is 70.5 Å². The fourth-order valence-electron chi connectivity index (χ4n) is 1.10. The molecule has 0 aromatic carbocycles. The van der Waals surface area contributed by atoms with Crippen LogP contribution in [0, 0.1) is 0 Å². The SMILES string of the molecule is C=CCOCCOCCOCCOCCOCCI. The predicted octanol–water partition coefficient (Wildman–Crippen LogP) is 1.69. The van der Waals surface area contributed by atoms with E-state index in [1.165, 1.54) is 0 Å². The summed E-state index contributed by atoms with van der Waals surface area (Å²) in [6.07, 6.45) is 1.72. The molecule has 0 saturated heterocycles. The van der Waals surface area contributed by atoms with E-state index in [1.807, 2.05) is 0 Å². The molecule has 19 heavy (non-hydrogen) atoms. The third-order valence-electron chi connectivity index (χ3n) is 1.95. The molecule has 0 atom stereocenters. The second-order valence-electron chi connectivity index (χ2n) is 3.50. The summed E-state index contributed by atoms with van der Waals surface area (Å²) in [4.78, 5) is 0. The summed E-state index contributed by atoms with van der Waals surface area (Å²) in [5.74, 6) is 0. The van der Waals surface area contributed by atoms with E-state index in [9.17, 15) is 0 Å². The number of hydrogen-bond acceptors (Lipinski definition) is 5. The van der Waals surface area contributed by atoms with Gasteiger partial charge in [-0.3, -0.25) is 0 Å². The van der Waals surface area contributed by atoms with E-state index < -0.39 is 0 Å². The number of halogens is 1. The van der Waals surface area contributed by atoms with Crippen molar-refractivity contribution in [1.29, 1.82) is 0 Å². The topological polar surface area (TPSA) is 46.2 Å². The number of hydrogen-bond donors (Lipinski definition) is 0. The van der Waals surface area contributed by atoms with Crippen molar-refractivity contribution in [1.82, 2.24) is 0 Å². The van der Waals surface area contributed by atoms with Crippen LogP contribution in [0.1, 0.15) is 0 Å². The van der Waals surface area contributed by atoms with Crippen molar-refractivity contribution in [3.8, 4) is 0 Å². The van der Waals surface area contributed by atoms with Gasteiger partial charge in [-0.05, 0) is 0 Å². The quantitative estimate of drug-likeness (QED) is 0.174. The smallest absolute Gasteiger partial charge is 0.0704 e. The van der Waals surface area contributed by atoms with Crippen LogP contribution < -0.4 is 0 Å². The lowest BCUT2D eigenvalue weighted by Gasteiger charge is -2.07. The molecule has 0 amide bonds. The lowest BCUT2D eigenvalue weighted by Crippen LogP contribution is -2.13. The monoisotopic (exact) mass is 388 g/mol. The number of ether oxygens (including phenoxy) is 5. The number of rotatable bonds is 16. The van der Waals surface area contributed by atoms with E-state index in [2.05, 4.69) is 29.2 Å².